The van der Waals surface area contributed by atoms with Gasteiger partial charge in [0, 0.05) is 0 Å². The zero-order valence-corrected chi connectivity index (χ0v) is 9.79. The third-order valence-corrected chi connectivity index (χ3v) is 0.274. The van der Waals surface area contributed by atoms with Gasteiger partial charge in [-0.2, -0.15) is 4.21 Å². The molecule has 0 atom stereocenters. The van der Waals surface area contributed by atoms with Gasteiger partial charge in [-0.1, -0.05) is 0 Å². The van der Waals surface area contributed by atoms with Crippen LogP contribution in [0.4, 0.5) is 0 Å². The van der Waals surface area contributed by atoms with E-state index in [0.29, 0.717) is 0 Å². The monoisotopic (exact) mass is 230 g/mol. The Hall–Kier alpha value is -0.340. The molecule has 7 heteroatoms. The Labute approximate surface area is 86.3 Å². The molecule has 14 heavy (non-hydrogen) atoms. The van der Waals surface area contributed by atoms with Gasteiger partial charge in [0.05, 0.1) is 5.60 Å². The minimum Gasteiger partial charge on any atom is -0.300 e. The van der Waals surface area contributed by atoms with Gasteiger partial charge >= 0.3 is 0 Å². The second kappa shape index (κ2) is 10.7. The van der Waals surface area contributed by atoms with Crippen LogP contribution in [0.3, 0.4) is 0 Å². The molecule has 0 bridgehead atoms. The molecule has 0 saturated heterocycles. The highest BCUT2D eigenvalue weighted by Gasteiger charge is 2.06. The lowest BCUT2D eigenvalue weighted by atomic mass is 10.2. The average Bonchev–Trinajstić information content (AvgIpc) is 1.83. The van der Waals surface area contributed by atoms with Gasteiger partial charge in [0.1, 0.15) is 5.78 Å². The third kappa shape index (κ3) is 187. The van der Waals surface area contributed by atoms with Crippen LogP contribution >= 0.6 is 0 Å². The number of rotatable bonds is 0. The maximum atomic E-state index is 9.44. The van der Waals surface area contributed by atoms with Gasteiger partial charge in [0.2, 0.25) is 0 Å². The van der Waals surface area contributed by atoms with Gasteiger partial charge in [-0.3, -0.25) is 14.4 Å². The minimum atomic E-state index is -2.61. The molecule has 0 aliphatic rings. The Balaban J connectivity index is -0.000000135. The summed E-state index contributed by atoms with van der Waals surface area (Å²) in [6.07, 6.45) is 0. The van der Waals surface area contributed by atoms with Gasteiger partial charge in [-0.15, -0.1) is 0 Å². The first-order chi connectivity index (χ1) is 6.02. The number of Topliss-reactive ketones (excluding diaryl/α,β-unsaturated/α-hetero) is 1. The Morgan fingerprint density at radius 2 is 1.29 bits per heavy atom. The molecule has 0 saturated carbocycles. The summed E-state index contributed by atoms with van der Waals surface area (Å²) < 4.78 is 22.8. The van der Waals surface area contributed by atoms with E-state index in [1.54, 1.807) is 20.8 Å². The lowest BCUT2D eigenvalue weighted by Crippen LogP contribution is -2.15. The summed E-state index contributed by atoms with van der Waals surface area (Å²) in [6, 6.07) is 0. The molecule has 0 aromatic rings. The van der Waals surface area contributed by atoms with Crippen LogP contribution in [0.5, 0.6) is 0 Å². The first-order valence-corrected chi connectivity index (χ1v) is 4.69. The van der Waals surface area contributed by atoms with E-state index in [0.717, 1.165) is 0 Å². The normalized spacial score (nSPS) is 9.50. The van der Waals surface area contributed by atoms with Gasteiger partial charge < -0.3 is 4.79 Å². The topological polar surface area (TPSA) is 104 Å². The largest absolute Gasteiger partial charge is 0.300 e. The Morgan fingerprint density at radius 1 is 1.21 bits per heavy atom. The van der Waals surface area contributed by atoms with Gasteiger partial charge in [-0.25, -0.2) is 4.89 Å². The van der Waals surface area contributed by atoms with Crippen LogP contribution in [0.1, 0.15) is 34.6 Å². The van der Waals surface area contributed by atoms with Crippen LogP contribution < -0.4 is 0 Å². The smallest absolute Gasteiger partial charge is 0.299 e. The van der Waals surface area contributed by atoms with Crippen molar-refractivity contribution in [3.8, 4) is 0 Å². The fourth-order valence-electron chi connectivity index (χ4n) is 0. The summed E-state index contributed by atoms with van der Waals surface area (Å²) in [5, 5.41) is 7.90. The summed E-state index contributed by atoms with van der Waals surface area (Å²) in [6.45, 7) is 8.37. The van der Waals surface area contributed by atoms with E-state index in [1.807, 2.05) is 0 Å². The van der Waals surface area contributed by atoms with Crippen molar-refractivity contribution in [1.82, 2.24) is 0 Å². The fourth-order valence-corrected chi connectivity index (χ4v) is 0. The van der Waals surface area contributed by atoms with Gasteiger partial charge in [0.25, 0.3) is 11.4 Å². The Kier molecular flexibility index (Phi) is 14.8. The van der Waals surface area contributed by atoms with Crippen molar-refractivity contribution in [3.05, 3.63) is 0 Å². The summed E-state index contributed by atoms with van der Waals surface area (Å²) in [5.41, 5.74) is -0.403. The molecule has 0 radical (unpaired) electrons. The van der Waals surface area contributed by atoms with Crippen LogP contribution in [-0.2, 0) is 21.0 Å². The lowest BCUT2D eigenvalue weighted by Gasteiger charge is -2.10. The van der Waals surface area contributed by atoms with Crippen molar-refractivity contribution < 1.29 is 28.3 Å². The summed E-state index contributed by atoms with van der Waals surface area (Å²) in [7, 11) is 0. The number of carbonyl (C=O) groups is 1. The van der Waals surface area contributed by atoms with Crippen molar-refractivity contribution >= 4 is 17.1 Å². The second-order valence-electron chi connectivity index (χ2n) is 3.34. The predicted molar refractivity (Wildman–Crippen MR) is 53.2 cm³/mol. The molecule has 0 spiro atoms. The van der Waals surface area contributed by atoms with Crippen LogP contribution in [0.15, 0.2) is 0 Å². The number of carbonyl (C=O) groups excluding carboxylic acids is 1. The standard InChI is InChI=1S/C4H10O2.C3H6O.H2O3S/c1-4(2,3)6-5;1-3(2)4;1-4(2)3/h5H,1-3H3;1-2H3;(H2,1,2,3). The highest BCUT2D eigenvalue weighted by atomic mass is 32.2. The van der Waals surface area contributed by atoms with Crippen molar-refractivity contribution in [2.24, 2.45) is 0 Å². The molecule has 0 aliphatic heterocycles. The predicted octanol–water partition coefficient (Wildman–Crippen LogP) is 1.55. The summed E-state index contributed by atoms with van der Waals surface area (Å²) >= 11 is -2.61. The summed E-state index contributed by atoms with van der Waals surface area (Å²) in [4.78, 5) is 13.4. The average molecular weight is 230 g/mol. The number of ketones is 1. The zero-order valence-electron chi connectivity index (χ0n) is 8.97. The van der Waals surface area contributed by atoms with E-state index in [1.165, 1.54) is 13.8 Å². The van der Waals surface area contributed by atoms with Crippen LogP contribution in [0.25, 0.3) is 0 Å². The Morgan fingerprint density at radius 3 is 1.29 bits per heavy atom. The maximum absolute atomic E-state index is 9.44. The quantitative estimate of drug-likeness (QED) is 0.331. The Bertz CT molecular complexity index is 142. The maximum Gasteiger partial charge on any atom is 0.299 e. The van der Waals surface area contributed by atoms with E-state index in [9.17, 15) is 4.79 Å². The molecular formula is C7H18O6S. The molecule has 88 valence electrons. The van der Waals surface area contributed by atoms with Crippen molar-refractivity contribution in [2.45, 2.75) is 40.2 Å². The van der Waals surface area contributed by atoms with E-state index >= 15 is 0 Å². The summed E-state index contributed by atoms with van der Waals surface area (Å²) in [5.74, 6) is 0.167. The first-order valence-electron chi connectivity index (χ1n) is 3.62. The molecule has 0 aromatic carbocycles. The van der Waals surface area contributed by atoms with Crippen molar-refractivity contribution in [3.63, 3.8) is 0 Å². The zero-order chi connectivity index (χ0) is 12.4. The van der Waals surface area contributed by atoms with E-state index in [2.05, 4.69) is 4.89 Å². The van der Waals surface area contributed by atoms with Crippen molar-refractivity contribution in [2.75, 3.05) is 0 Å². The minimum absolute atomic E-state index is 0.167. The van der Waals surface area contributed by atoms with Crippen LogP contribution in [0, 0.1) is 0 Å². The molecule has 0 aliphatic carbocycles. The highest BCUT2D eigenvalue weighted by Crippen LogP contribution is 2.01. The molecule has 0 unspecified atom stereocenters. The fraction of sp³-hybridized carbons (Fsp3) is 0.857. The van der Waals surface area contributed by atoms with Crippen LogP contribution in [0.2, 0.25) is 0 Å². The number of hydrogen-bond donors (Lipinski definition) is 3. The SMILES string of the molecule is CC(C)(C)OO.CC(C)=O.O=S(O)O. The molecule has 6 nitrogen and oxygen atoms in total. The second-order valence-corrected chi connectivity index (χ2v) is 3.80. The first kappa shape index (κ1) is 19.3. The molecule has 0 heterocycles. The van der Waals surface area contributed by atoms with Crippen molar-refractivity contribution in [1.29, 1.82) is 0 Å². The molecule has 0 rings (SSSR count). The van der Waals surface area contributed by atoms with E-state index in [-0.39, 0.29) is 5.78 Å². The molecule has 3 N–H and O–H groups in total. The third-order valence-electron chi connectivity index (χ3n) is 0.274. The molecule has 0 amide bonds. The van der Waals surface area contributed by atoms with E-state index in [4.69, 9.17) is 18.6 Å². The number of hydrogen-bond acceptors (Lipinski definition) is 4. The van der Waals surface area contributed by atoms with Gasteiger partial charge in [-0.05, 0) is 34.6 Å². The van der Waals surface area contributed by atoms with Gasteiger partial charge in [0.15, 0.2) is 0 Å². The van der Waals surface area contributed by atoms with E-state index < -0.39 is 17.0 Å². The van der Waals surface area contributed by atoms with Crippen LogP contribution in [-0.4, -0.2) is 30.0 Å². The molecule has 0 fully saturated rings. The molecule has 0 aromatic heterocycles. The highest BCUT2D eigenvalue weighted by molar-refractivity contribution is 7.73. The lowest BCUT2D eigenvalue weighted by molar-refractivity contribution is -0.306. The molecular weight excluding hydrogens is 212 g/mol.